The Labute approximate surface area is 183 Å². The molecule has 5 nitrogen and oxygen atoms in total. The van der Waals surface area contributed by atoms with Gasteiger partial charge in [0.15, 0.2) is 0 Å². The molecule has 1 amide bonds. The molecule has 0 bridgehead atoms. The molecular formula is C26H29N3O2. The van der Waals surface area contributed by atoms with E-state index in [-0.39, 0.29) is 22.6 Å². The van der Waals surface area contributed by atoms with Crippen LogP contribution in [0.25, 0.3) is 11.1 Å². The summed E-state index contributed by atoms with van der Waals surface area (Å²) in [5.41, 5.74) is 4.87. The lowest BCUT2D eigenvalue weighted by Crippen LogP contribution is -2.53. The van der Waals surface area contributed by atoms with Gasteiger partial charge in [0.25, 0.3) is 11.5 Å². The van der Waals surface area contributed by atoms with Crippen LogP contribution in [-0.4, -0.2) is 34.4 Å². The summed E-state index contributed by atoms with van der Waals surface area (Å²) in [7, 11) is 0. The van der Waals surface area contributed by atoms with Crippen LogP contribution in [-0.2, 0) is 13.0 Å². The minimum absolute atomic E-state index is 0.143. The molecule has 0 saturated heterocycles. The third kappa shape index (κ3) is 4.47. The maximum absolute atomic E-state index is 12.9. The second kappa shape index (κ2) is 8.52. The zero-order valence-corrected chi connectivity index (χ0v) is 18.4. The van der Waals surface area contributed by atoms with Crippen molar-refractivity contribution in [2.45, 2.75) is 39.3 Å². The third-order valence-corrected chi connectivity index (χ3v) is 6.24. The van der Waals surface area contributed by atoms with Crippen LogP contribution in [0.15, 0.2) is 65.5 Å². The van der Waals surface area contributed by atoms with Crippen molar-refractivity contribution in [3.8, 4) is 11.1 Å². The number of aromatic nitrogens is 1. The van der Waals surface area contributed by atoms with Gasteiger partial charge in [-0.2, -0.15) is 0 Å². The molecule has 160 valence electrons. The summed E-state index contributed by atoms with van der Waals surface area (Å²) in [5.74, 6) is -0.344. The molecule has 0 radical (unpaired) electrons. The molecule has 2 heterocycles. The zero-order valence-electron chi connectivity index (χ0n) is 18.4. The normalized spacial score (nSPS) is 14.2. The van der Waals surface area contributed by atoms with Gasteiger partial charge in [-0.15, -0.1) is 0 Å². The lowest BCUT2D eigenvalue weighted by atomic mass is 9.94. The Hall–Kier alpha value is -3.18. The van der Waals surface area contributed by atoms with Gasteiger partial charge in [0.1, 0.15) is 5.56 Å². The van der Waals surface area contributed by atoms with Crippen LogP contribution in [0.5, 0.6) is 0 Å². The second-order valence-electron chi connectivity index (χ2n) is 8.85. The first-order valence-corrected chi connectivity index (χ1v) is 10.7. The number of carbonyl (C=O) groups excluding carboxylic acids is 1. The van der Waals surface area contributed by atoms with Crippen LogP contribution in [0.1, 0.15) is 41.0 Å². The predicted molar refractivity (Wildman–Crippen MR) is 124 cm³/mol. The Morgan fingerprint density at radius 2 is 1.74 bits per heavy atom. The molecule has 0 fully saturated rings. The number of H-pyrrole nitrogens is 1. The van der Waals surface area contributed by atoms with Crippen molar-refractivity contribution in [3.63, 3.8) is 0 Å². The van der Waals surface area contributed by atoms with Crippen molar-refractivity contribution in [3.05, 3.63) is 93.4 Å². The fourth-order valence-electron chi connectivity index (χ4n) is 4.23. The summed E-state index contributed by atoms with van der Waals surface area (Å²) < 4.78 is 0. The van der Waals surface area contributed by atoms with Gasteiger partial charge in [0.05, 0.1) is 0 Å². The lowest BCUT2D eigenvalue weighted by Gasteiger charge is -2.41. The molecule has 1 aromatic heterocycles. The summed E-state index contributed by atoms with van der Waals surface area (Å²) >= 11 is 0. The summed E-state index contributed by atoms with van der Waals surface area (Å²) in [6, 6.07) is 20.0. The standard InChI is InChI=1S/C26H29N3O2/c1-18-22(20-10-5-4-6-11-20)15-23(25(31)28-18)24(30)27-17-26(2,3)29-14-13-19-9-7-8-12-21(19)16-29/h4-12,15H,13-14,16-17H2,1-3H3,(H,27,30)(H,28,31). The number of aromatic amines is 1. The number of fused-ring (bicyclic) bond motifs is 1. The monoisotopic (exact) mass is 415 g/mol. The van der Waals surface area contributed by atoms with Crippen LogP contribution in [0.2, 0.25) is 0 Å². The van der Waals surface area contributed by atoms with E-state index in [0.717, 1.165) is 36.3 Å². The van der Waals surface area contributed by atoms with Crippen molar-refractivity contribution >= 4 is 5.91 Å². The molecule has 31 heavy (non-hydrogen) atoms. The molecule has 2 N–H and O–H groups in total. The number of nitrogens with zero attached hydrogens (tertiary/aromatic N) is 1. The van der Waals surface area contributed by atoms with Crippen molar-refractivity contribution in [1.29, 1.82) is 0 Å². The van der Waals surface area contributed by atoms with E-state index < -0.39 is 0 Å². The molecule has 2 aromatic carbocycles. The summed E-state index contributed by atoms with van der Waals surface area (Å²) in [4.78, 5) is 30.7. The Balaban J connectivity index is 1.49. The number of nitrogens with one attached hydrogen (secondary N) is 2. The number of hydrogen-bond acceptors (Lipinski definition) is 3. The Bertz CT molecular complexity index is 1150. The van der Waals surface area contributed by atoms with E-state index in [2.05, 4.69) is 53.3 Å². The number of aryl methyl sites for hydroxylation is 1. The van der Waals surface area contributed by atoms with Crippen LogP contribution in [0, 0.1) is 6.92 Å². The Morgan fingerprint density at radius 1 is 1.06 bits per heavy atom. The van der Waals surface area contributed by atoms with Gasteiger partial charge in [-0.05, 0) is 49.9 Å². The highest BCUT2D eigenvalue weighted by molar-refractivity contribution is 5.95. The van der Waals surface area contributed by atoms with E-state index in [4.69, 9.17) is 0 Å². The third-order valence-electron chi connectivity index (χ3n) is 6.24. The van der Waals surface area contributed by atoms with Gasteiger partial charge in [-0.1, -0.05) is 54.6 Å². The molecule has 1 aliphatic heterocycles. The topological polar surface area (TPSA) is 65.2 Å². The largest absolute Gasteiger partial charge is 0.350 e. The van der Waals surface area contributed by atoms with E-state index in [1.165, 1.54) is 11.1 Å². The average Bonchev–Trinajstić information content (AvgIpc) is 2.78. The maximum atomic E-state index is 12.9. The molecule has 0 unspecified atom stereocenters. The smallest absolute Gasteiger partial charge is 0.261 e. The van der Waals surface area contributed by atoms with Gasteiger partial charge in [0.2, 0.25) is 0 Å². The molecule has 5 heteroatoms. The molecule has 4 rings (SSSR count). The highest BCUT2D eigenvalue weighted by Gasteiger charge is 2.30. The molecule has 0 saturated carbocycles. The van der Waals surface area contributed by atoms with Crippen LogP contribution in [0.3, 0.4) is 0 Å². The number of hydrogen-bond donors (Lipinski definition) is 2. The minimum Gasteiger partial charge on any atom is -0.350 e. The highest BCUT2D eigenvalue weighted by Crippen LogP contribution is 2.25. The Morgan fingerprint density at radius 3 is 2.48 bits per heavy atom. The first kappa shape index (κ1) is 21.1. The second-order valence-corrected chi connectivity index (χ2v) is 8.85. The summed E-state index contributed by atoms with van der Waals surface area (Å²) in [6.45, 7) is 8.39. The molecular weight excluding hydrogens is 386 g/mol. The van der Waals surface area contributed by atoms with Gasteiger partial charge in [-0.3, -0.25) is 14.5 Å². The van der Waals surface area contributed by atoms with E-state index in [0.29, 0.717) is 6.54 Å². The van der Waals surface area contributed by atoms with E-state index in [1.54, 1.807) is 6.07 Å². The fourth-order valence-corrected chi connectivity index (χ4v) is 4.23. The van der Waals surface area contributed by atoms with E-state index in [1.807, 2.05) is 37.3 Å². The molecule has 0 atom stereocenters. The maximum Gasteiger partial charge on any atom is 0.261 e. The molecule has 0 spiro atoms. The van der Waals surface area contributed by atoms with Gasteiger partial charge in [-0.25, -0.2) is 0 Å². The van der Waals surface area contributed by atoms with Crippen LogP contribution < -0.4 is 10.9 Å². The summed E-state index contributed by atoms with van der Waals surface area (Å²) in [5, 5.41) is 3.00. The minimum atomic E-state index is -0.362. The van der Waals surface area contributed by atoms with E-state index in [9.17, 15) is 9.59 Å². The first-order chi connectivity index (χ1) is 14.8. The molecule has 0 aliphatic carbocycles. The SMILES string of the molecule is Cc1[nH]c(=O)c(C(=O)NCC(C)(C)N2CCc3ccccc3C2)cc1-c1ccccc1. The zero-order chi connectivity index (χ0) is 22.0. The van der Waals surface area contributed by atoms with Crippen LogP contribution in [0.4, 0.5) is 0 Å². The number of carbonyl (C=O) groups is 1. The van der Waals surface area contributed by atoms with Crippen LogP contribution >= 0.6 is 0 Å². The van der Waals surface area contributed by atoms with E-state index >= 15 is 0 Å². The highest BCUT2D eigenvalue weighted by atomic mass is 16.2. The van der Waals surface area contributed by atoms with Gasteiger partial charge < -0.3 is 10.3 Å². The average molecular weight is 416 g/mol. The van der Waals surface area contributed by atoms with Gasteiger partial charge in [0, 0.05) is 36.4 Å². The van der Waals surface area contributed by atoms with Crippen molar-refractivity contribution in [2.24, 2.45) is 0 Å². The number of benzene rings is 2. The van der Waals surface area contributed by atoms with Gasteiger partial charge >= 0.3 is 0 Å². The summed E-state index contributed by atoms with van der Waals surface area (Å²) in [6.07, 6.45) is 1.01. The lowest BCUT2D eigenvalue weighted by molar-refractivity contribution is 0.0825. The fraction of sp³-hybridized carbons (Fsp3) is 0.308. The van der Waals surface area contributed by atoms with Crippen molar-refractivity contribution in [1.82, 2.24) is 15.2 Å². The number of pyridine rings is 1. The number of amides is 1. The number of rotatable bonds is 5. The van der Waals surface area contributed by atoms with Crippen molar-refractivity contribution < 1.29 is 4.79 Å². The predicted octanol–water partition coefficient (Wildman–Crippen LogP) is 3.92. The van der Waals surface area contributed by atoms with Crippen molar-refractivity contribution in [2.75, 3.05) is 13.1 Å². The first-order valence-electron chi connectivity index (χ1n) is 10.7. The molecule has 1 aliphatic rings. The molecule has 3 aromatic rings. The Kier molecular flexibility index (Phi) is 5.79. The quantitative estimate of drug-likeness (QED) is 0.664.